The van der Waals surface area contributed by atoms with Crippen molar-refractivity contribution in [1.82, 2.24) is 10.6 Å². The van der Waals surface area contributed by atoms with Crippen LogP contribution in [-0.2, 0) is 4.79 Å². The van der Waals surface area contributed by atoms with Crippen LogP contribution in [0, 0.1) is 5.92 Å². The van der Waals surface area contributed by atoms with E-state index in [0.717, 1.165) is 12.8 Å². The van der Waals surface area contributed by atoms with Crippen LogP contribution in [0.15, 0.2) is 0 Å². The van der Waals surface area contributed by atoms with Crippen molar-refractivity contribution >= 4 is 12.0 Å². The molecular weight excluding hydrogens is 196 g/mol. The standard InChI is InChI=1S/C10H18N2O3/c1-3-8(9(13)14)12-10(15)11-6(2)7-4-5-7/h6-8H,3-5H2,1-2H3,(H,13,14)(H2,11,12,15)/t6?,8-/m1/s1. The van der Waals surface area contributed by atoms with Crippen LogP contribution in [0.3, 0.4) is 0 Å². The van der Waals surface area contributed by atoms with Gasteiger partial charge < -0.3 is 15.7 Å². The number of amides is 2. The van der Waals surface area contributed by atoms with Crippen LogP contribution in [0.25, 0.3) is 0 Å². The van der Waals surface area contributed by atoms with Crippen LogP contribution in [0.1, 0.15) is 33.1 Å². The second-order valence-corrected chi connectivity index (χ2v) is 4.04. The van der Waals surface area contributed by atoms with Gasteiger partial charge in [-0.05, 0) is 32.1 Å². The Balaban J connectivity index is 2.29. The van der Waals surface area contributed by atoms with E-state index < -0.39 is 12.0 Å². The Bertz CT molecular complexity index is 251. The summed E-state index contributed by atoms with van der Waals surface area (Å²) >= 11 is 0. The van der Waals surface area contributed by atoms with Crippen molar-refractivity contribution in [3.8, 4) is 0 Å². The quantitative estimate of drug-likeness (QED) is 0.637. The maximum absolute atomic E-state index is 11.4. The van der Waals surface area contributed by atoms with Crippen LogP contribution in [0.5, 0.6) is 0 Å². The maximum Gasteiger partial charge on any atom is 0.326 e. The topological polar surface area (TPSA) is 78.4 Å². The van der Waals surface area contributed by atoms with Crippen molar-refractivity contribution in [2.24, 2.45) is 5.92 Å². The molecule has 1 fully saturated rings. The highest BCUT2D eigenvalue weighted by Crippen LogP contribution is 2.32. The molecule has 5 nitrogen and oxygen atoms in total. The SMILES string of the molecule is CC[C@@H](NC(=O)NC(C)C1CC1)C(=O)O. The van der Waals surface area contributed by atoms with Gasteiger partial charge in [0, 0.05) is 6.04 Å². The fourth-order valence-corrected chi connectivity index (χ4v) is 1.46. The zero-order chi connectivity index (χ0) is 11.4. The minimum absolute atomic E-state index is 0.135. The third kappa shape index (κ3) is 3.77. The molecule has 0 heterocycles. The first kappa shape index (κ1) is 11.8. The van der Waals surface area contributed by atoms with E-state index in [1.807, 2.05) is 6.92 Å². The minimum atomic E-state index is -0.994. The van der Waals surface area contributed by atoms with E-state index in [9.17, 15) is 9.59 Å². The third-order valence-corrected chi connectivity index (χ3v) is 2.70. The summed E-state index contributed by atoms with van der Waals surface area (Å²) in [6.45, 7) is 3.67. The number of hydrogen-bond acceptors (Lipinski definition) is 2. The smallest absolute Gasteiger partial charge is 0.326 e. The van der Waals surface area contributed by atoms with Gasteiger partial charge in [-0.1, -0.05) is 6.92 Å². The first-order valence-electron chi connectivity index (χ1n) is 5.34. The molecule has 0 radical (unpaired) electrons. The Labute approximate surface area is 89.2 Å². The molecule has 1 aliphatic rings. The number of carboxylic acids is 1. The van der Waals surface area contributed by atoms with Gasteiger partial charge in [0.2, 0.25) is 0 Å². The van der Waals surface area contributed by atoms with E-state index in [2.05, 4.69) is 10.6 Å². The number of hydrogen-bond donors (Lipinski definition) is 3. The van der Waals surface area contributed by atoms with Crippen LogP contribution in [-0.4, -0.2) is 29.2 Å². The zero-order valence-corrected chi connectivity index (χ0v) is 9.12. The molecule has 2 atom stereocenters. The molecule has 15 heavy (non-hydrogen) atoms. The summed E-state index contributed by atoms with van der Waals surface area (Å²) in [5.41, 5.74) is 0. The molecule has 3 N–H and O–H groups in total. The lowest BCUT2D eigenvalue weighted by Crippen LogP contribution is -2.48. The summed E-state index contributed by atoms with van der Waals surface area (Å²) < 4.78 is 0. The molecule has 5 heteroatoms. The molecule has 86 valence electrons. The fourth-order valence-electron chi connectivity index (χ4n) is 1.46. The summed E-state index contributed by atoms with van der Waals surface area (Å²) in [6.07, 6.45) is 2.69. The monoisotopic (exact) mass is 214 g/mol. The van der Waals surface area contributed by atoms with Gasteiger partial charge >= 0.3 is 12.0 Å². The molecule has 0 bridgehead atoms. The molecular formula is C10H18N2O3. The van der Waals surface area contributed by atoms with Crippen molar-refractivity contribution in [2.75, 3.05) is 0 Å². The van der Waals surface area contributed by atoms with Crippen LogP contribution < -0.4 is 10.6 Å². The highest BCUT2D eigenvalue weighted by molar-refractivity contribution is 5.82. The molecule has 0 spiro atoms. The van der Waals surface area contributed by atoms with Crippen molar-refractivity contribution in [3.63, 3.8) is 0 Å². The van der Waals surface area contributed by atoms with E-state index in [0.29, 0.717) is 12.3 Å². The van der Waals surface area contributed by atoms with Gasteiger partial charge in [-0.15, -0.1) is 0 Å². The van der Waals surface area contributed by atoms with Crippen LogP contribution >= 0.6 is 0 Å². The van der Waals surface area contributed by atoms with Crippen LogP contribution in [0.2, 0.25) is 0 Å². The molecule has 0 aliphatic heterocycles. The zero-order valence-electron chi connectivity index (χ0n) is 9.12. The molecule has 0 aromatic carbocycles. The molecule has 1 rings (SSSR count). The average molecular weight is 214 g/mol. The summed E-state index contributed by atoms with van der Waals surface area (Å²) in [4.78, 5) is 22.0. The predicted molar refractivity (Wildman–Crippen MR) is 55.6 cm³/mol. The number of nitrogens with one attached hydrogen (secondary N) is 2. The minimum Gasteiger partial charge on any atom is -0.480 e. The Morgan fingerprint density at radius 3 is 2.40 bits per heavy atom. The van der Waals surface area contributed by atoms with Crippen molar-refractivity contribution in [3.05, 3.63) is 0 Å². The van der Waals surface area contributed by atoms with E-state index in [1.165, 1.54) is 0 Å². The van der Waals surface area contributed by atoms with Gasteiger partial charge in [0.25, 0.3) is 0 Å². The lowest BCUT2D eigenvalue weighted by atomic mass is 10.2. The average Bonchev–Trinajstić information content (AvgIpc) is 2.96. The first-order chi connectivity index (χ1) is 7.04. The largest absolute Gasteiger partial charge is 0.480 e. The van der Waals surface area contributed by atoms with Crippen molar-refractivity contribution in [2.45, 2.75) is 45.2 Å². The van der Waals surface area contributed by atoms with Gasteiger partial charge in [-0.25, -0.2) is 9.59 Å². The molecule has 1 aliphatic carbocycles. The van der Waals surface area contributed by atoms with Gasteiger partial charge in [0.15, 0.2) is 0 Å². The maximum atomic E-state index is 11.4. The fraction of sp³-hybridized carbons (Fsp3) is 0.800. The second kappa shape index (κ2) is 5.00. The highest BCUT2D eigenvalue weighted by Gasteiger charge is 2.29. The number of aliphatic carboxylic acids is 1. The summed E-state index contributed by atoms with van der Waals surface area (Å²) in [5.74, 6) is -0.424. The number of carboxylic acid groups (broad SMARTS) is 1. The molecule has 0 aromatic rings. The Kier molecular flexibility index (Phi) is 3.94. The van der Waals surface area contributed by atoms with Gasteiger partial charge in [0.1, 0.15) is 6.04 Å². The van der Waals surface area contributed by atoms with E-state index >= 15 is 0 Å². The molecule has 0 saturated heterocycles. The molecule has 0 aromatic heterocycles. The Morgan fingerprint density at radius 2 is 2.00 bits per heavy atom. The van der Waals surface area contributed by atoms with E-state index in [1.54, 1.807) is 6.92 Å². The number of urea groups is 1. The predicted octanol–water partition coefficient (Wildman–Crippen LogP) is 0.947. The number of carbonyl (C=O) groups excluding carboxylic acids is 1. The number of rotatable bonds is 5. The van der Waals surface area contributed by atoms with Crippen molar-refractivity contribution in [1.29, 1.82) is 0 Å². The normalized spacial score (nSPS) is 19.1. The molecule has 1 saturated carbocycles. The Morgan fingerprint density at radius 1 is 1.40 bits per heavy atom. The van der Waals surface area contributed by atoms with Gasteiger partial charge in [0.05, 0.1) is 0 Å². The molecule has 1 unspecified atom stereocenters. The molecule has 2 amide bonds. The second-order valence-electron chi connectivity index (χ2n) is 4.04. The van der Waals surface area contributed by atoms with Gasteiger partial charge in [-0.2, -0.15) is 0 Å². The summed E-state index contributed by atoms with van der Waals surface area (Å²) in [7, 11) is 0. The highest BCUT2D eigenvalue weighted by atomic mass is 16.4. The van der Waals surface area contributed by atoms with Crippen molar-refractivity contribution < 1.29 is 14.7 Å². The lowest BCUT2D eigenvalue weighted by Gasteiger charge is -2.16. The van der Waals surface area contributed by atoms with Crippen LogP contribution in [0.4, 0.5) is 4.79 Å². The summed E-state index contributed by atoms with van der Waals surface area (Å²) in [5, 5.41) is 13.9. The third-order valence-electron chi connectivity index (χ3n) is 2.70. The number of carbonyl (C=O) groups is 2. The van der Waals surface area contributed by atoms with Gasteiger partial charge in [-0.3, -0.25) is 0 Å². The lowest BCUT2D eigenvalue weighted by molar-refractivity contribution is -0.139. The van der Waals surface area contributed by atoms with E-state index in [-0.39, 0.29) is 12.1 Å². The summed E-state index contributed by atoms with van der Waals surface area (Å²) in [6, 6.07) is -1.05. The first-order valence-corrected chi connectivity index (χ1v) is 5.34. The van der Waals surface area contributed by atoms with E-state index in [4.69, 9.17) is 5.11 Å². The Hall–Kier alpha value is -1.26.